The molecule has 2 fully saturated rings. The van der Waals surface area contributed by atoms with Crippen molar-refractivity contribution in [1.29, 1.82) is 0 Å². The van der Waals surface area contributed by atoms with E-state index < -0.39 is 10.8 Å². The van der Waals surface area contributed by atoms with Crippen LogP contribution < -0.4 is 10.6 Å². The van der Waals surface area contributed by atoms with E-state index in [0.717, 1.165) is 25.4 Å². The summed E-state index contributed by atoms with van der Waals surface area (Å²) in [5.41, 5.74) is 0. The van der Waals surface area contributed by atoms with Gasteiger partial charge in [-0.25, -0.2) is 0 Å². The first-order valence-electron chi connectivity index (χ1n) is 5.67. The van der Waals surface area contributed by atoms with E-state index in [2.05, 4.69) is 10.6 Å². The monoisotopic (exact) mass is 216 g/mol. The molecule has 3 nitrogen and oxygen atoms in total. The van der Waals surface area contributed by atoms with Gasteiger partial charge in [0.05, 0.1) is 0 Å². The van der Waals surface area contributed by atoms with Crippen LogP contribution in [0.25, 0.3) is 0 Å². The van der Waals surface area contributed by atoms with Crippen molar-refractivity contribution in [2.45, 2.75) is 37.0 Å². The van der Waals surface area contributed by atoms with Gasteiger partial charge in [0.2, 0.25) is 0 Å². The van der Waals surface area contributed by atoms with Gasteiger partial charge in [0.25, 0.3) is 0 Å². The second-order valence-electron chi connectivity index (χ2n) is 4.28. The van der Waals surface area contributed by atoms with Crippen molar-refractivity contribution < 1.29 is 4.21 Å². The molecule has 1 saturated carbocycles. The Labute approximate surface area is 88.5 Å². The molecule has 1 heterocycles. The summed E-state index contributed by atoms with van der Waals surface area (Å²) in [4.78, 5) is 0. The van der Waals surface area contributed by atoms with Crippen molar-refractivity contribution in [3.05, 3.63) is 0 Å². The Morgan fingerprint density at radius 2 is 2.21 bits per heavy atom. The fraction of sp³-hybridized carbons (Fsp3) is 1.00. The molecule has 4 heteroatoms. The lowest BCUT2D eigenvalue weighted by Crippen LogP contribution is -2.44. The van der Waals surface area contributed by atoms with Gasteiger partial charge in [0.1, 0.15) is 0 Å². The van der Waals surface area contributed by atoms with E-state index in [1.165, 1.54) is 25.7 Å². The number of piperidine rings is 1. The van der Waals surface area contributed by atoms with Crippen LogP contribution in [-0.4, -0.2) is 40.9 Å². The van der Waals surface area contributed by atoms with E-state index in [1.807, 2.05) is 0 Å². The number of rotatable bonds is 5. The second-order valence-corrected chi connectivity index (χ2v) is 6.12. The Kier molecular flexibility index (Phi) is 3.96. The Morgan fingerprint density at radius 3 is 2.86 bits per heavy atom. The quantitative estimate of drug-likeness (QED) is 0.692. The third kappa shape index (κ3) is 3.33. The molecule has 2 atom stereocenters. The second kappa shape index (κ2) is 5.24. The predicted octanol–water partition coefficient (Wildman–Crippen LogP) is 0.239. The SMILES string of the molecule is O=S(CCNC1CCCNC1)C1CC1. The maximum absolute atomic E-state index is 11.5. The minimum atomic E-state index is -0.548. The summed E-state index contributed by atoms with van der Waals surface area (Å²) in [6, 6.07) is 0.611. The predicted molar refractivity (Wildman–Crippen MR) is 59.9 cm³/mol. The van der Waals surface area contributed by atoms with Crippen LogP contribution in [0.15, 0.2) is 0 Å². The molecule has 0 bridgehead atoms. The molecule has 14 heavy (non-hydrogen) atoms. The first kappa shape index (κ1) is 10.6. The van der Waals surface area contributed by atoms with Gasteiger partial charge in [-0.1, -0.05) is 0 Å². The van der Waals surface area contributed by atoms with Gasteiger partial charge in [-0.05, 0) is 32.2 Å². The minimum absolute atomic E-state index is 0.543. The van der Waals surface area contributed by atoms with E-state index in [4.69, 9.17) is 0 Å². The highest BCUT2D eigenvalue weighted by Crippen LogP contribution is 2.25. The zero-order valence-corrected chi connectivity index (χ0v) is 9.44. The number of nitrogens with one attached hydrogen (secondary N) is 2. The molecule has 2 aliphatic rings. The van der Waals surface area contributed by atoms with Crippen LogP contribution in [0, 0.1) is 0 Å². The summed E-state index contributed by atoms with van der Waals surface area (Å²) in [6.45, 7) is 3.16. The standard InChI is InChI=1S/C10H20N2OS/c13-14(10-3-4-10)7-6-12-9-2-1-5-11-8-9/h9-12H,1-8H2. The highest BCUT2D eigenvalue weighted by atomic mass is 32.2. The molecule has 0 radical (unpaired) electrons. The van der Waals surface area contributed by atoms with E-state index in [9.17, 15) is 4.21 Å². The molecule has 0 aromatic rings. The van der Waals surface area contributed by atoms with Crippen LogP contribution in [0.1, 0.15) is 25.7 Å². The van der Waals surface area contributed by atoms with Gasteiger partial charge in [0, 0.05) is 40.9 Å². The van der Waals surface area contributed by atoms with Gasteiger partial charge < -0.3 is 10.6 Å². The average molecular weight is 216 g/mol. The lowest BCUT2D eigenvalue weighted by Gasteiger charge is -2.23. The number of hydrogen-bond acceptors (Lipinski definition) is 3. The smallest absolute Gasteiger partial charge is 0.0362 e. The molecule has 0 amide bonds. The van der Waals surface area contributed by atoms with Crippen LogP contribution in [0.2, 0.25) is 0 Å². The average Bonchev–Trinajstić information content (AvgIpc) is 3.02. The van der Waals surface area contributed by atoms with Crippen LogP contribution in [0.4, 0.5) is 0 Å². The maximum Gasteiger partial charge on any atom is 0.0362 e. The summed E-state index contributed by atoms with van der Waals surface area (Å²) in [6.07, 6.45) is 4.92. The Bertz CT molecular complexity index is 200. The number of hydrogen-bond donors (Lipinski definition) is 2. The molecule has 2 N–H and O–H groups in total. The van der Waals surface area contributed by atoms with E-state index in [1.54, 1.807) is 0 Å². The van der Waals surface area contributed by atoms with Crippen molar-refractivity contribution in [1.82, 2.24) is 10.6 Å². The Hall–Kier alpha value is 0.0700. The fourth-order valence-corrected chi connectivity index (χ4v) is 3.20. The van der Waals surface area contributed by atoms with Crippen molar-refractivity contribution in [3.63, 3.8) is 0 Å². The summed E-state index contributed by atoms with van der Waals surface area (Å²) in [5.74, 6) is 0.848. The zero-order chi connectivity index (χ0) is 9.80. The Morgan fingerprint density at radius 1 is 1.36 bits per heavy atom. The van der Waals surface area contributed by atoms with Crippen molar-refractivity contribution in [2.24, 2.45) is 0 Å². The molecule has 2 rings (SSSR count). The normalized spacial score (nSPS) is 30.1. The van der Waals surface area contributed by atoms with Crippen molar-refractivity contribution >= 4 is 10.8 Å². The van der Waals surface area contributed by atoms with Crippen LogP contribution in [-0.2, 0) is 10.8 Å². The molecule has 1 saturated heterocycles. The maximum atomic E-state index is 11.5. The molecule has 0 aromatic carbocycles. The van der Waals surface area contributed by atoms with E-state index in [0.29, 0.717) is 11.3 Å². The first-order valence-corrected chi connectivity index (χ1v) is 7.06. The van der Waals surface area contributed by atoms with Gasteiger partial charge in [-0.15, -0.1) is 0 Å². The highest BCUT2D eigenvalue weighted by molar-refractivity contribution is 7.85. The highest BCUT2D eigenvalue weighted by Gasteiger charge is 2.27. The molecule has 0 spiro atoms. The van der Waals surface area contributed by atoms with Gasteiger partial charge in [0.15, 0.2) is 0 Å². The molecular weight excluding hydrogens is 196 g/mol. The molecule has 2 unspecified atom stereocenters. The van der Waals surface area contributed by atoms with E-state index >= 15 is 0 Å². The topological polar surface area (TPSA) is 41.1 Å². The minimum Gasteiger partial charge on any atom is -0.315 e. The van der Waals surface area contributed by atoms with Gasteiger partial charge in [-0.2, -0.15) is 0 Å². The van der Waals surface area contributed by atoms with Crippen LogP contribution >= 0.6 is 0 Å². The lowest BCUT2D eigenvalue weighted by molar-refractivity contribution is 0.397. The third-order valence-electron chi connectivity index (χ3n) is 2.93. The fourth-order valence-electron chi connectivity index (χ4n) is 1.89. The molecule has 1 aliphatic heterocycles. The lowest BCUT2D eigenvalue weighted by atomic mass is 10.1. The summed E-state index contributed by atoms with van der Waals surface area (Å²) in [7, 11) is -0.548. The summed E-state index contributed by atoms with van der Waals surface area (Å²) in [5, 5.41) is 7.39. The summed E-state index contributed by atoms with van der Waals surface area (Å²) >= 11 is 0. The molecule has 82 valence electrons. The van der Waals surface area contributed by atoms with Gasteiger partial charge >= 0.3 is 0 Å². The Balaban J connectivity index is 1.54. The molecular formula is C10H20N2OS. The third-order valence-corrected chi connectivity index (χ3v) is 4.75. The van der Waals surface area contributed by atoms with E-state index in [-0.39, 0.29) is 0 Å². The van der Waals surface area contributed by atoms with Crippen LogP contribution in [0.3, 0.4) is 0 Å². The first-order chi connectivity index (χ1) is 6.86. The summed E-state index contributed by atoms with van der Waals surface area (Å²) < 4.78 is 11.5. The van der Waals surface area contributed by atoms with Crippen LogP contribution in [0.5, 0.6) is 0 Å². The molecule has 1 aliphatic carbocycles. The largest absolute Gasteiger partial charge is 0.315 e. The van der Waals surface area contributed by atoms with Crippen molar-refractivity contribution in [3.8, 4) is 0 Å². The molecule has 0 aromatic heterocycles. The van der Waals surface area contributed by atoms with Gasteiger partial charge in [-0.3, -0.25) is 4.21 Å². The zero-order valence-electron chi connectivity index (χ0n) is 8.63. The van der Waals surface area contributed by atoms with Crippen molar-refractivity contribution in [2.75, 3.05) is 25.4 Å².